The molecule has 2 heterocycles. The van der Waals surface area contributed by atoms with E-state index in [0.29, 0.717) is 22.7 Å². The van der Waals surface area contributed by atoms with Crippen LogP contribution in [0.3, 0.4) is 0 Å². The fourth-order valence-electron chi connectivity index (χ4n) is 4.76. The third kappa shape index (κ3) is 3.61. The van der Waals surface area contributed by atoms with E-state index in [0.717, 1.165) is 22.9 Å². The normalized spacial score (nSPS) is 25.4. The highest BCUT2D eigenvalue weighted by atomic mass is 35.5. The van der Waals surface area contributed by atoms with Gasteiger partial charge in [-0.3, -0.25) is 5.32 Å². The second-order valence-corrected chi connectivity index (χ2v) is 8.75. The molecule has 4 rings (SSSR count). The molecule has 0 radical (unpaired) electrons. The summed E-state index contributed by atoms with van der Waals surface area (Å²) in [6, 6.07) is 12.9. The number of carbonyl (C=O) groups excluding carboxylic acids is 1. The van der Waals surface area contributed by atoms with Gasteiger partial charge in [-0.15, -0.1) is 0 Å². The molecular formula is C22H25ClFN2O2+. The Kier molecular flexibility index (Phi) is 5.06. The summed E-state index contributed by atoms with van der Waals surface area (Å²) in [4.78, 5) is 12.5. The highest BCUT2D eigenvalue weighted by Crippen LogP contribution is 2.40. The van der Waals surface area contributed by atoms with E-state index in [-0.39, 0.29) is 11.8 Å². The van der Waals surface area contributed by atoms with Crippen LogP contribution < -0.4 is 5.32 Å². The first kappa shape index (κ1) is 19.2. The van der Waals surface area contributed by atoms with Crippen LogP contribution in [-0.4, -0.2) is 42.9 Å². The standard InChI is InChI=1S/C22H24ClFN2O2/c1-26(2)16-9-10-17(26)13-18(12-16)28-22(27)25-21-19(7-4-8-20(21)24)14-5-3-6-15(23)11-14/h3-8,11,16-18H,9-10,12-13H2,1-2H3/p+1. The lowest BCUT2D eigenvalue weighted by Crippen LogP contribution is -2.56. The van der Waals surface area contributed by atoms with Crippen LogP contribution in [0.1, 0.15) is 25.7 Å². The van der Waals surface area contributed by atoms with E-state index in [9.17, 15) is 9.18 Å². The Hall–Kier alpha value is -2.11. The summed E-state index contributed by atoms with van der Waals surface area (Å²) >= 11 is 6.07. The number of hydrogen-bond donors (Lipinski definition) is 1. The van der Waals surface area contributed by atoms with E-state index < -0.39 is 11.9 Å². The molecule has 0 aromatic heterocycles. The Morgan fingerprint density at radius 1 is 1.14 bits per heavy atom. The van der Waals surface area contributed by atoms with Gasteiger partial charge in [0.05, 0.1) is 31.9 Å². The second kappa shape index (κ2) is 7.37. The summed E-state index contributed by atoms with van der Waals surface area (Å²) in [6.45, 7) is 0. The summed E-state index contributed by atoms with van der Waals surface area (Å²) in [5, 5.41) is 3.18. The molecule has 0 spiro atoms. The monoisotopic (exact) mass is 403 g/mol. The molecule has 0 saturated carbocycles. The highest BCUT2D eigenvalue weighted by Gasteiger charge is 2.49. The molecule has 2 bridgehead atoms. The van der Waals surface area contributed by atoms with Crippen LogP contribution in [0.4, 0.5) is 14.9 Å². The number of hydrogen-bond acceptors (Lipinski definition) is 2. The highest BCUT2D eigenvalue weighted by molar-refractivity contribution is 6.30. The molecule has 6 heteroatoms. The number of benzene rings is 2. The molecule has 4 nitrogen and oxygen atoms in total. The molecule has 2 unspecified atom stereocenters. The number of halogens is 2. The molecule has 2 fully saturated rings. The summed E-state index contributed by atoms with van der Waals surface area (Å²) in [6.07, 6.45) is 3.33. The zero-order chi connectivity index (χ0) is 19.9. The first-order valence-corrected chi connectivity index (χ1v) is 10.1. The molecule has 2 aliphatic rings. The predicted octanol–water partition coefficient (Wildman–Crippen LogP) is 5.46. The molecule has 1 amide bonds. The lowest BCUT2D eigenvalue weighted by atomic mass is 9.98. The van der Waals surface area contributed by atoms with Crippen LogP contribution in [0.5, 0.6) is 0 Å². The smallest absolute Gasteiger partial charge is 0.412 e. The zero-order valence-corrected chi connectivity index (χ0v) is 16.9. The van der Waals surface area contributed by atoms with Gasteiger partial charge in [0, 0.05) is 36.3 Å². The topological polar surface area (TPSA) is 38.3 Å². The van der Waals surface area contributed by atoms with E-state index in [1.165, 1.54) is 18.9 Å². The Bertz CT molecular complexity index is 886. The molecule has 148 valence electrons. The minimum absolute atomic E-state index is 0.115. The van der Waals surface area contributed by atoms with Gasteiger partial charge in [0.2, 0.25) is 0 Å². The number of amides is 1. The number of fused-ring (bicyclic) bond motifs is 2. The average molecular weight is 404 g/mol. The maximum atomic E-state index is 14.5. The summed E-state index contributed by atoms with van der Waals surface area (Å²) < 4.78 is 21.2. The van der Waals surface area contributed by atoms with Gasteiger partial charge in [0.25, 0.3) is 0 Å². The largest absolute Gasteiger partial charge is 0.445 e. The Labute approximate surface area is 169 Å². The van der Waals surface area contributed by atoms with E-state index in [1.807, 2.05) is 6.07 Å². The van der Waals surface area contributed by atoms with Crippen molar-refractivity contribution in [2.75, 3.05) is 19.4 Å². The van der Waals surface area contributed by atoms with Crippen molar-refractivity contribution in [3.63, 3.8) is 0 Å². The van der Waals surface area contributed by atoms with Crippen molar-refractivity contribution in [3.05, 3.63) is 53.3 Å². The van der Waals surface area contributed by atoms with Crippen molar-refractivity contribution in [2.45, 2.75) is 43.9 Å². The van der Waals surface area contributed by atoms with Gasteiger partial charge >= 0.3 is 6.09 Å². The molecular weight excluding hydrogens is 379 g/mol. The molecule has 2 aromatic carbocycles. The number of nitrogens with zero attached hydrogens (tertiary/aromatic N) is 1. The van der Waals surface area contributed by atoms with Crippen molar-refractivity contribution >= 4 is 23.4 Å². The zero-order valence-electron chi connectivity index (χ0n) is 16.1. The number of para-hydroxylation sites is 1. The van der Waals surface area contributed by atoms with Crippen LogP contribution in [0.2, 0.25) is 5.02 Å². The molecule has 2 atom stereocenters. The third-order valence-corrected chi connectivity index (χ3v) is 6.67. The van der Waals surface area contributed by atoms with Gasteiger partial charge < -0.3 is 9.22 Å². The van der Waals surface area contributed by atoms with Gasteiger partial charge in [-0.05, 0) is 23.8 Å². The number of carbonyl (C=O) groups is 1. The molecule has 1 N–H and O–H groups in total. The van der Waals surface area contributed by atoms with Gasteiger partial charge in [-0.1, -0.05) is 35.9 Å². The predicted molar refractivity (Wildman–Crippen MR) is 109 cm³/mol. The van der Waals surface area contributed by atoms with Crippen molar-refractivity contribution < 1.29 is 18.4 Å². The number of quaternary nitrogens is 1. The third-order valence-electron chi connectivity index (χ3n) is 6.44. The molecule has 2 aromatic rings. The van der Waals surface area contributed by atoms with E-state index >= 15 is 0 Å². The molecule has 28 heavy (non-hydrogen) atoms. The van der Waals surface area contributed by atoms with Crippen molar-refractivity contribution in [1.29, 1.82) is 0 Å². The van der Waals surface area contributed by atoms with E-state index in [4.69, 9.17) is 16.3 Å². The quantitative estimate of drug-likeness (QED) is 0.690. The van der Waals surface area contributed by atoms with Gasteiger partial charge in [0.1, 0.15) is 11.9 Å². The SMILES string of the molecule is C[N+]1(C)C2CCC1CC(OC(=O)Nc1c(F)cccc1-c1cccc(Cl)c1)C2. The molecule has 2 aliphatic heterocycles. The van der Waals surface area contributed by atoms with E-state index in [2.05, 4.69) is 19.4 Å². The van der Waals surface area contributed by atoms with Crippen molar-refractivity contribution in [1.82, 2.24) is 0 Å². The van der Waals surface area contributed by atoms with Crippen LogP contribution in [0, 0.1) is 5.82 Å². The van der Waals surface area contributed by atoms with Crippen molar-refractivity contribution in [3.8, 4) is 11.1 Å². The fraction of sp³-hybridized carbons (Fsp3) is 0.409. The number of ether oxygens (including phenoxy) is 1. The van der Waals surface area contributed by atoms with Gasteiger partial charge in [0.15, 0.2) is 0 Å². The number of piperidine rings is 1. The Balaban J connectivity index is 1.50. The van der Waals surface area contributed by atoms with Crippen molar-refractivity contribution in [2.24, 2.45) is 0 Å². The average Bonchev–Trinajstić information content (AvgIpc) is 2.81. The number of rotatable bonds is 3. The maximum absolute atomic E-state index is 14.5. The van der Waals surface area contributed by atoms with Gasteiger partial charge in [-0.25, -0.2) is 9.18 Å². The maximum Gasteiger partial charge on any atom is 0.412 e. The summed E-state index contributed by atoms with van der Waals surface area (Å²) in [5.74, 6) is -0.504. The minimum atomic E-state index is -0.606. The first-order chi connectivity index (χ1) is 13.3. The molecule has 0 aliphatic carbocycles. The van der Waals surface area contributed by atoms with E-state index in [1.54, 1.807) is 30.3 Å². The number of nitrogens with one attached hydrogen (secondary N) is 1. The van der Waals surface area contributed by atoms with Crippen LogP contribution >= 0.6 is 11.6 Å². The summed E-state index contributed by atoms with van der Waals surface area (Å²) in [5.41, 5.74) is 1.42. The summed E-state index contributed by atoms with van der Waals surface area (Å²) in [7, 11) is 4.52. The van der Waals surface area contributed by atoms with Crippen LogP contribution in [-0.2, 0) is 4.74 Å². The number of anilines is 1. The lowest BCUT2D eigenvalue weighted by molar-refractivity contribution is -0.931. The first-order valence-electron chi connectivity index (χ1n) is 9.70. The second-order valence-electron chi connectivity index (χ2n) is 8.31. The Morgan fingerprint density at radius 3 is 2.50 bits per heavy atom. The van der Waals surface area contributed by atoms with Crippen LogP contribution in [0.15, 0.2) is 42.5 Å². The van der Waals surface area contributed by atoms with Gasteiger partial charge in [-0.2, -0.15) is 0 Å². The Morgan fingerprint density at radius 2 is 1.82 bits per heavy atom. The lowest BCUT2D eigenvalue weighted by Gasteiger charge is -2.43. The molecule has 2 saturated heterocycles. The minimum Gasteiger partial charge on any atom is -0.445 e. The fourth-order valence-corrected chi connectivity index (χ4v) is 4.95. The van der Waals surface area contributed by atoms with Crippen LogP contribution in [0.25, 0.3) is 11.1 Å².